The first-order valence-electron chi connectivity index (χ1n) is 3.34. The number of rotatable bonds is 1. The second-order valence-corrected chi connectivity index (χ2v) is 3.70. The topological polar surface area (TPSA) is 84.8 Å². The van der Waals surface area contributed by atoms with Crippen LogP contribution in [0.15, 0.2) is 16.2 Å². The lowest BCUT2D eigenvalue weighted by Crippen LogP contribution is -2.30. The Morgan fingerprint density at radius 2 is 2.23 bits per heavy atom. The molecule has 1 heterocycles. The summed E-state index contributed by atoms with van der Waals surface area (Å²) in [7, 11) is -2.60. The van der Waals surface area contributed by atoms with Crippen molar-refractivity contribution in [2.45, 2.75) is 6.92 Å². The fourth-order valence-corrected chi connectivity index (χ4v) is 1.72. The van der Waals surface area contributed by atoms with Crippen LogP contribution in [0.2, 0.25) is 0 Å². The molecule has 1 N–H and O–H groups in total. The van der Waals surface area contributed by atoms with Crippen molar-refractivity contribution in [3.8, 4) is 0 Å². The largest absolute Gasteiger partial charge is 0.464 e. The zero-order chi connectivity index (χ0) is 10.1. The number of ether oxygens (including phenoxy) is 1. The molecule has 0 saturated carbocycles. The molecule has 6 nitrogen and oxygen atoms in total. The Hall–Kier alpha value is -1.37. The Morgan fingerprint density at radius 1 is 1.62 bits per heavy atom. The second-order valence-electron chi connectivity index (χ2n) is 2.36. The first kappa shape index (κ1) is 9.72. The van der Waals surface area contributed by atoms with Crippen LogP contribution < -0.4 is 4.72 Å². The van der Waals surface area contributed by atoms with E-state index in [-0.39, 0.29) is 11.4 Å². The lowest BCUT2D eigenvalue weighted by atomic mass is 10.3. The maximum Gasteiger partial charge on any atom is 0.355 e. The van der Waals surface area contributed by atoms with Crippen LogP contribution in [0.4, 0.5) is 0 Å². The molecule has 1 aliphatic rings. The standard InChI is InChI=1S/C6H8N2O4S/c1-4-3-5(6(9)12-2)8-13(10,11)7-4/h3,8H,1-2H3. The van der Waals surface area contributed by atoms with E-state index in [9.17, 15) is 13.2 Å². The summed E-state index contributed by atoms with van der Waals surface area (Å²) in [6.07, 6.45) is 1.30. The van der Waals surface area contributed by atoms with Gasteiger partial charge >= 0.3 is 16.2 Å². The van der Waals surface area contributed by atoms with E-state index in [1.807, 2.05) is 4.72 Å². The van der Waals surface area contributed by atoms with Crippen molar-refractivity contribution in [1.29, 1.82) is 0 Å². The zero-order valence-electron chi connectivity index (χ0n) is 7.07. The van der Waals surface area contributed by atoms with Gasteiger partial charge in [0.1, 0.15) is 5.70 Å². The molecule has 72 valence electrons. The highest BCUT2D eigenvalue weighted by atomic mass is 32.2. The SMILES string of the molecule is COC(=O)C1=CC(C)=NS(=O)(=O)N1. The Balaban J connectivity index is 3.05. The molecular formula is C6H8N2O4S. The molecule has 0 spiro atoms. The van der Waals surface area contributed by atoms with Gasteiger partial charge in [0, 0.05) is 0 Å². The minimum atomic E-state index is -3.77. The van der Waals surface area contributed by atoms with Gasteiger partial charge in [-0.3, -0.25) is 4.72 Å². The number of carbonyl (C=O) groups is 1. The third-order valence-electron chi connectivity index (χ3n) is 1.26. The molecule has 0 fully saturated rings. The van der Waals surface area contributed by atoms with E-state index in [1.165, 1.54) is 20.1 Å². The van der Waals surface area contributed by atoms with Crippen molar-refractivity contribution in [3.63, 3.8) is 0 Å². The summed E-state index contributed by atoms with van der Waals surface area (Å²) in [4.78, 5) is 10.9. The van der Waals surface area contributed by atoms with Crippen molar-refractivity contribution in [1.82, 2.24) is 4.72 Å². The molecule has 0 amide bonds. The van der Waals surface area contributed by atoms with Gasteiger partial charge in [-0.1, -0.05) is 0 Å². The Kier molecular flexibility index (Phi) is 2.37. The predicted molar refractivity (Wildman–Crippen MR) is 45.3 cm³/mol. The van der Waals surface area contributed by atoms with Crippen molar-refractivity contribution >= 4 is 21.9 Å². The van der Waals surface area contributed by atoms with Gasteiger partial charge in [-0.25, -0.2) is 4.79 Å². The third-order valence-corrected chi connectivity index (χ3v) is 2.27. The lowest BCUT2D eigenvalue weighted by Gasteiger charge is -2.11. The van der Waals surface area contributed by atoms with Crippen LogP contribution in [0.3, 0.4) is 0 Å². The highest BCUT2D eigenvalue weighted by molar-refractivity contribution is 7.88. The smallest absolute Gasteiger partial charge is 0.355 e. The number of carbonyl (C=O) groups excluding carboxylic acids is 1. The number of hydrogen-bond acceptors (Lipinski definition) is 4. The summed E-state index contributed by atoms with van der Waals surface area (Å²) < 4.78 is 31.5. The van der Waals surface area contributed by atoms with E-state index in [0.717, 1.165) is 0 Å². The molecule has 1 rings (SSSR count). The van der Waals surface area contributed by atoms with Gasteiger partial charge in [-0.2, -0.15) is 12.8 Å². The quantitative estimate of drug-likeness (QED) is 0.575. The maximum atomic E-state index is 10.9. The Labute approximate surface area is 75.5 Å². The molecule has 0 bridgehead atoms. The van der Waals surface area contributed by atoms with Gasteiger partial charge in [0.25, 0.3) is 0 Å². The minimum Gasteiger partial charge on any atom is -0.464 e. The van der Waals surface area contributed by atoms with Crippen LogP contribution in [-0.4, -0.2) is 27.2 Å². The Bertz CT molecular complexity index is 393. The summed E-state index contributed by atoms with van der Waals surface area (Å²) >= 11 is 0. The molecule has 0 aromatic carbocycles. The van der Waals surface area contributed by atoms with Crippen molar-refractivity contribution in [3.05, 3.63) is 11.8 Å². The molecule has 13 heavy (non-hydrogen) atoms. The van der Waals surface area contributed by atoms with Crippen molar-refractivity contribution in [2.24, 2.45) is 4.40 Å². The molecule has 1 aliphatic heterocycles. The van der Waals surface area contributed by atoms with E-state index >= 15 is 0 Å². The van der Waals surface area contributed by atoms with Crippen LogP contribution in [0, 0.1) is 0 Å². The number of allylic oxidation sites excluding steroid dienone is 1. The summed E-state index contributed by atoms with van der Waals surface area (Å²) in [5.41, 5.74) is 0.106. The van der Waals surface area contributed by atoms with Gasteiger partial charge < -0.3 is 4.74 Å². The average molecular weight is 204 g/mol. The first-order valence-corrected chi connectivity index (χ1v) is 4.78. The van der Waals surface area contributed by atoms with Crippen LogP contribution in [0.5, 0.6) is 0 Å². The zero-order valence-corrected chi connectivity index (χ0v) is 7.88. The maximum absolute atomic E-state index is 10.9. The summed E-state index contributed by atoms with van der Waals surface area (Å²) in [6, 6.07) is 0. The highest BCUT2D eigenvalue weighted by Gasteiger charge is 2.21. The fourth-order valence-electron chi connectivity index (χ4n) is 0.827. The normalized spacial score (nSPS) is 19.5. The van der Waals surface area contributed by atoms with Crippen molar-refractivity contribution < 1.29 is 17.9 Å². The fraction of sp³-hybridized carbons (Fsp3) is 0.333. The molecule has 0 unspecified atom stereocenters. The molecule has 7 heteroatoms. The number of esters is 1. The summed E-state index contributed by atoms with van der Waals surface area (Å²) in [5, 5.41) is 0. The molecule has 0 aromatic rings. The molecule has 0 saturated heterocycles. The van der Waals surface area contributed by atoms with E-state index in [0.29, 0.717) is 0 Å². The van der Waals surface area contributed by atoms with Crippen LogP contribution in [0.1, 0.15) is 6.92 Å². The van der Waals surface area contributed by atoms with Gasteiger partial charge in [-0.15, -0.1) is 0 Å². The predicted octanol–water partition coefficient (Wildman–Crippen LogP) is -0.648. The third kappa shape index (κ3) is 2.28. The van der Waals surface area contributed by atoms with E-state index in [2.05, 4.69) is 9.13 Å². The van der Waals surface area contributed by atoms with Gasteiger partial charge in [0.05, 0.1) is 12.8 Å². The molecule has 0 aromatic heterocycles. The van der Waals surface area contributed by atoms with E-state index in [1.54, 1.807) is 0 Å². The average Bonchev–Trinajstić information content (AvgIpc) is 1.99. The molecule has 0 aliphatic carbocycles. The second kappa shape index (κ2) is 3.17. The molecule has 0 atom stereocenters. The first-order chi connectivity index (χ1) is 5.94. The molecule has 0 radical (unpaired) electrons. The lowest BCUT2D eigenvalue weighted by molar-refractivity contribution is -0.136. The monoisotopic (exact) mass is 204 g/mol. The van der Waals surface area contributed by atoms with Crippen LogP contribution in [-0.2, 0) is 19.7 Å². The number of methoxy groups -OCH3 is 1. The van der Waals surface area contributed by atoms with Crippen molar-refractivity contribution in [2.75, 3.05) is 7.11 Å². The van der Waals surface area contributed by atoms with Gasteiger partial charge in [0.2, 0.25) is 0 Å². The minimum absolute atomic E-state index is 0.130. The van der Waals surface area contributed by atoms with E-state index < -0.39 is 16.2 Å². The van der Waals surface area contributed by atoms with Gasteiger partial charge in [-0.05, 0) is 13.0 Å². The van der Waals surface area contributed by atoms with Crippen LogP contribution in [0.25, 0.3) is 0 Å². The summed E-state index contributed by atoms with van der Waals surface area (Å²) in [6.45, 7) is 1.47. The number of nitrogens with one attached hydrogen (secondary N) is 1. The van der Waals surface area contributed by atoms with E-state index in [4.69, 9.17) is 0 Å². The van der Waals surface area contributed by atoms with Crippen LogP contribution >= 0.6 is 0 Å². The van der Waals surface area contributed by atoms with Gasteiger partial charge in [0.15, 0.2) is 0 Å². The molecular weight excluding hydrogens is 196 g/mol. The summed E-state index contributed by atoms with van der Waals surface area (Å²) in [5.74, 6) is -0.738. The highest BCUT2D eigenvalue weighted by Crippen LogP contribution is 2.05. The number of nitrogens with zero attached hydrogens (tertiary/aromatic N) is 1. The Morgan fingerprint density at radius 3 is 2.69 bits per heavy atom. The number of hydrogen-bond donors (Lipinski definition) is 1.